The maximum Gasteiger partial charge on any atom is 0.416 e. The van der Waals surface area contributed by atoms with Crippen molar-refractivity contribution in [3.63, 3.8) is 0 Å². The van der Waals surface area contributed by atoms with Gasteiger partial charge >= 0.3 is 6.18 Å². The first-order valence-electron chi connectivity index (χ1n) is 8.82. The molecule has 12 heteroatoms. The Morgan fingerprint density at radius 3 is 2.81 bits per heavy atom. The maximum absolute atomic E-state index is 12.7. The number of aromatic amines is 1. The van der Waals surface area contributed by atoms with Gasteiger partial charge in [0.15, 0.2) is 0 Å². The number of alkyl halides is 3. The Bertz CT molecular complexity index is 1070. The van der Waals surface area contributed by atoms with Crippen LogP contribution in [0.1, 0.15) is 16.7 Å². The molecular formula is C19H16BrF3N6OS. The molecule has 0 bridgehead atoms. The van der Waals surface area contributed by atoms with E-state index in [1.807, 2.05) is 24.3 Å². The molecule has 0 aliphatic rings. The van der Waals surface area contributed by atoms with Crippen LogP contribution in [0.2, 0.25) is 0 Å². The number of carbonyl (C=O) groups excluding carboxylic acids is 1. The molecule has 0 saturated carbocycles. The number of hydrazone groups is 1. The van der Waals surface area contributed by atoms with Crippen LogP contribution in [0.25, 0.3) is 0 Å². The highest BCUT2D eigenvalue weighted by molar-refractivity contribution is 9.10. The van der Waals surface area contributed by atoms with Crippen LogP contribution in [0.15, 0.2) is 63.3 Å². The van der Waals surface area contributed by atoms with Gasteiger partial charge in [-0.15, -0.1) is 5.10 Å². The zero-order valence-electron chi connectivity index (χ0n) is 15.8. The predicted octanol–water partition coefficient (Wildman–Crippen LogP) is 4.44. The molecule has 2 aromatic carbocycles. The SMILES string of the molecule is O=C(CSc1n[nH]c(N/N=C\c2cccc(Br)c2)n1)NCc1cccc(C(F)(F)F)c1. The monoisotopic (exact) mass is 512 g/mol. The van der Waals surface area contributed by atoms with E-state index in [1.165, 1.54) is 12.1 Å². The van der Waals surface area contributed by atoms with E-state index >= 15 is 0 Å². The Morgan fingerprint density at radius 1 is 1.23 bits per heavy atom. The molecule has 1 aromatic heterocycles. The van der Waals surface area contributed by atoms with Crippen molar-refractivity contribution >= 4 is 45.8 Å². The summed E-state index contributed by atoms with van der Waals surface area (Å²) in [6.45, 7) is -0.00553. The molecule has 1 heterocycles. The van der Waals surface area contributed by atoms with Gasteiger partial charge in [0.1, 0.15) is 0 Å². The second-order valence-electron chi connectivity index (χ2n) is 6.16. The van der Waals surface area contributed by atoms with Crippen LogP contribution in [0.3, 0.4) is 0 Å². The number of hydrogen-bond acceptors (Lipinski definition) is 6. The second kappa shape index (κ2) is 10.4. The second-order valence-corrected chi connectivity index (χ2v) is 8.01. The number of nitrogens with one attached hydrogen (secondary N) is 3. The first-order valence-corrected chi connectivity index (χ1v) is 10.6. The highest BCUT2D eigenvalue weighted by Crippen LogP contribution is 2.29. The van der Waals surface area contributed by atoms with Gasteiger partial charge in [-0.1, -0.05) is 52.0 Å². The molecule has 0 atom stereocenters. The van der Waals surface area contributed by atoms with Crippen molar-refractivity contribution in [2.75, 3.05) is 11.2 Å². The number of anilines is 1. The molecule has 0 radical (unpaired) electrons. The van der Waals surface area contributed by atoms with E-state index in [1.54, 1.807) is 6.21 Å². The third-order valence-corrected chi connectivity index (χ3v) is 5.11. The molecule has 0 unspecified atom stereocenters. The summed E-state index contributed by atoms with van der Waals surface area (Å²) >= 11 is 4.46. The van der Waals surface area contributed by atoms with E-state index in [0.29, 0.717) is 16.7 Å². The standard InChI is InChI=1S/C19H16BrF3N6OS/c20-15-6-2-4-13(8-15)10-25-27-17-26-18(29-28-17)31-11-16(30)24-9-12-3-1-5-14(7-12)19(21,22)23/h1-8,10H,9,11H2,(H,24,30)(H2,26,27,28,29)/b25-10-. The van der Waals surface area contributed by atoms with Crippen molar-refractivity contribution in [2.45, 2.75) is 17.9 Å². The number of nitrogens with zero attached hydrogens (tertiary/aromatic N) is 3. The molecule has 3 rings (SSSR count). The first kappa shape index (κ1) is 22.8. The summed E-state index contributed by atoms with van der Waals surface area (Å²) in [7, 11) is 0. The van der Waals surface area contributed by atoms with Crippen LogP contribution in [0, 0.1) is 0 Å². The van der Waals surface area contributed by atoms with Crippen molar-refractivity contribution in [1.82, 2.24) is 20.5 Å². The fourth-order valence-corrected chi connectivity index (χ4v) is 3.40. The van der Waals surface area contributed by atoms with Gasteiger partial charge in [-0.05, 0) is 35.4 Å². The molecule has 0 saturated heterocycles. The van der Waals surface area contributed by atoms with Crippen molar-refractivity contribution in [2.24, 2.45) is 5.10 Å². The Balaban J connectivity index is 1.43. The molecule has 31 heavy (non-hydrogen) atoms. The number of H-pyrrole nitrogens is 1. The molecule has 0 spiro atoms. The number of amides is 1. The van der Waals surface area contributed by atoms with Crippen molar-refractivity contribution in [3.05, 3.63) is 69.7 Å². The first-order chi connectivity index (χ1) is 14.8. The number of carbonyl (C=O) groups is 1. The van der Waals surface area contributed by atoms with Gasteiger partial charge in [0.05, 0.1) is 17.5 Å². The average molecular weight is 513 g/mol. The van der Waals surface area contributed by atoms with Crippen LogP contribution in [0.5, 0.6) is 0 Å². The molecule has 162 valence electrons. The Labute approximate surface area is 188 Å². The minimum Gasteiger partial charge on any atom is -0.351 e. The number of hydrogen-bond donors (Lipinski definition) is 3. The molecule has 7 nitrogen and oxygen atoms in total. The van der Waals surface area contributed by atoms with E-state index in [4.69, 9.17) is 0 Å². The van der Waals surface area contributed by atoms with Crippen LogP contribution < -0.4 is 10.7 Å². The zero-order chi connectivity index (χ0) is 22.3. The maximum atomic E-state index is 12.7. The summed E-state index contributed by atoms with van der Waals surface area (Å²) in [6, 6.07) is 12.4. The van der Waals surface area contributed by atoms with Gasteiger partial charge in [0.2, 0.25) is 17.0 Å². The third kappa shape index (κ3) is 7.40. The summed E-state index contributed by atoms with van der Waals surface area (Å²) in [5, 5.41) is 13.6. The lowest BCUT2D eigenvalue weighted by atomic mass is 10.1. The van der Waals surface area contributed by atoms with E-state index in [2.05, 4.69) is 47.0 Å². The van der Waals surface area contributed by atoms with Crippen molar-refractivity contribution < 1.29 is 18.0 Å². The van der Waals surface area contributed by atoms with Crippen LogP contribution in [-0.2, 0) is 17.5 Å². The quantitative estimate of drug-likeness (QED) is 0.235. The summed E-state index contributed by atoms with van der Waals surface area (Å²) < 4.78 is 39.1. The smallest absolute Gasteiger partial charge is 0.351 e. The van der Waals surface area contributed by atoms with E-state index < -0.39 is 11.7 Å². The molecule has 1 amide bonds. The largest absolute Gasteiger partial charge is 0.416 e. The molecule has 3 N–H and O–H groups in total. The zero-order valence-corrected chi connectivity index (χ0v) is 18.2. The lowest BCUT2D eigenvalue weighted by Gasteiger charge is -2.09. The lowest BCUT2D eigenvalue weighted by molar-refractivity contribution is -0.137. The third-order valence-electron chi connectivity index (χ3n) is 3.77. The lowest BCUT2D eigenvalue weighted by Crippen LogP contribution is -2.24. The molecule has 0 aliphatic carbocycles. The Kier molecular flexibility index (Phi) is 7.69. The van der Waals surface area contributed by atoms with Gasteiger partial charge in [-0.2, -0.15) is 23.3 Å². The number of thioether (sulfide) groups is 1. The number of rotatable bonds is 8. The molecule has 0 aliphatic heterocycles. The number of benzene rings is 2. The summed E-state index contributed by atoms with van der Waals surface area (Å²) in [5.74, 6) is -0.0371. The highest BCUT2D eigenvalue weighted by atomic mass is 79.9. The Hall–Kier alpha value is -2.86. The van der Waals surface area contributed by atoms with Crippen molar-refractivity contribution in [3.8, 4) is 0 Å². The molecular weight excluding hydrogens is 497 g/mol. The number of aromatic nitrogens is 3. The Morgan fingerprint density at radius 2 is 2.03 bits per heavy atom. The topological polar surface area (TPSA) is 95.1 Å². The van der Waals surface area contributed by atoms with E-state index in [0.717, 1.165) is 33.9 Å². The van der Waals surface area contributed by atoms with Gasteiger partial charge < -0.3 is 5.32 Å². The van der Waals surface area contributed by atoms with Crippen LogP contribution in [0.4, 0.5) is 19.1 Å². The number of halogens is 4. The summed E-state index contributed by atoms with van der Waals surface area (Å²) in [6.07, 6.45) is -2.81. The fraction of sp³-hybridized carbons (Fsp3) is 0.158. The van der Waals surface area contributed by atoms with E-state index in [9.17, 15) is 18.0 Å². The minimum atomic E-state index is -4.42. The predicted molar refractivity (Wildman–Crippen MR) is 116 cm³/mol. The molecule has 0 fully saturated rings. The summed E-state index contributed by atoms with van der Waals surface area (Å²) in [4.78, 5) is 16.1. The van der Waals surface area contributed by atoms with Gasteiger partial charge in [0.25, 0.3) is 0 Å². The molecule has 3 aromatic rings. The van der Waals surface area contributed by atoms with Gasteiger partial charge in [-0.25, -0.2) is 10.5 Å². The van der Waals surface area contributed by atoms with Crippen LogP contribution in [-0.4, -0.2) is 33.1 Å². The normalized spacial score (nSPS) is 11.6. The highest BCUT2D eigenvalue weighted by Gasteiger charge is 2.30. The van der Waals surface area contributed by atoms with Gasteiger partial charge in [0, 0.05) is 11.0 Å². The van der Waals surface area contributed by atoms with Gasteiger partial charge in [-0.3, -0.25) is 4.79 Å². The summed E-state index contributed by atoms with van der Waals surface area (Å²) in [5.41, 5.74) is 3.20. The van der Waals surface area contributed by atoms with E-state index in [-0.39, 0.29) is 18.2 Å². The van der Waals surface area contributed by atoms with Crippen LogP contribution >= 0.6 is 27.7 Å². The average Bonchev–Trinajstić information content (AvgIpc) is 3.18. The minimum absolute atomic E-state index is 0.00553. The van der Waals surface area contributed by atoms with Crippen molar-refractivity contribution in [1.29, 1.82) is 0 Å². The fourth-order valence-electron chi connectivity index (χ4n) is 2.36.